The number of hydrogen-bond donors (Lipinski definition) is 0. The Bertz CT molecular complexity index is 429. The Morgan fingerprint density at radius 2 is 2.20 bits per heavy atom. The molecule has 0 unspecified atom stereocenters. The lowest BCUT2D eigenvalue weighted by Crippen LogP contribution is -2.46. The number of ether oxygens (including phenoxy) is 1. The molecule has 112 valence electrons. The Morgan fingerprint density at radius 3 is 2.85 bits per heavy atom. The van der Waals surface area contributed by atoms with Gasteiger partial charge in [-0.05, 0) is 25.8 Å². The fourth-order valence-corrected chi connectivity index (χ4v) is 2.95. The van der Waals surface area contributed by atoms with E-state index in [1.807, 2.05) is 17.9 Å². The molecule has 1 aliphatic carbocycles. The van der Waals surface area contributed by atoms with E-state index in [4.69, 9.17) is 4.74 Å². The molecule has 1 saturated heterocycles. The highest BCUT2D eigenvalue weighted by Gasteiger charge is 2.27. The Kier molecular flexibility index (Phi) is 4.38. The molecular weight excluding hydrogens is 252 g/mol. The summed E-state index contributed by atoms with van der Waals surface area (Å²) in [6.45, 7) is 6.21. The van der Waals surface area contributed by atoms with Crippen molar-refractivity contribution in [2.75, 3.05) is 39.8 Å². The van der Waals surface area contributed by atoms with Crippen LogP contribution in [0.25, 0.3) is 0 Å². The van der Waals surface area contributed by atoms with Crippen LogP contribution in [0.2, 0.25) is 0 Å². The van der Waals surface area contributed by atoms with Crippen LogP contribution in [-0.2, 0) is 18.3 Å². The Morgan fingerprint density at radius 1 is 1.35 bits per heavy atom. The topological polar surface area (TPSA) is 33.5 Å². The molecule has 1 saturated carbocycles. The monoisotopic (exact) mass is 278 g/mol. The zero-order valence-electron chi connectivity index (χ0n) is 12.7. The zero-order chi connectivity index (χ0) is 13.9. The summed E-state index contributed by atoms with van der Waals surface area (Å²) in [5.41, 5.74) is 1.30. The summed E-state index contributed by atoms with van der Waals surface area (Å²) < 4.78 is 7.80. The van der Waals surface area contributed by atoms with E-state index >= 15 is 0 Å². The smallest absolute Gasteiger partial charge is 0.0829 e. The van der Waals surface area contributed by atoms with Crippen LogP contribution in [-0.4, -0.2) is 65.5 Å². The van der Waals surface area contributed by atoms with E-state index in [0.717, 1.165) is 38.7 Å². The van der Waals surface area contributed by atoms with Crippen molar-refractivity contribution >= 4 is 0 Å². The molecule has 1 atom stereocenters. The molecular formula is C15H26N4O. The molecule has 5 heteroatoms. The van der Waals surface area contributed by atoms with Gasteiger partial charge in [-0.3, -0.25) is 9.58 Å². The molecule has 2 aliphatic rings. The van der Waals surface area contributed by atoms with Gasteiger partial charge in [0.15, 0.2) is 0 Å². The maximum absolute atomic E-state index is 5.92. The van der Waals surface area contributed by atoms with Crippen LogP contribution < -0.4 is 0 Å². The van der Waals surface area contributed by atoms with E-state index in [2.05, 4.69) is 28.1 Å². The number of morpholine rings is 1. The van der Waals surface area contributed by atoms with Crippen molar-refractivity contribution in [2.24, 2.45) is 13.0 Å². The van der Waals surface area contributed by atoms with Gasteiger partial charge in [-0.1, -0.05) is 0 Å². The lowest BCUT2D eigenvalue weighted by atomic mass is 10.2. The Balaban J connectivity index is 1.56. The number of nitrogens with zero attached hydrogens (tertiary/aromatic N) is 4. The lowest BCUT2D eigenvalue weighted by Gasteiger charge is -2.34. The fraction of sp³-hybridized carbons (Fsp3) is 0.800. The second-order valence-corrected chi connectivity index (χ2v) is 6.41. The molecule has 3 rings (SSSR count). The van der Waals surface area contributed by atoms with Crippen LogP contribution in [0, 0.1) is 5.92 Å². The van der Waals surface area contributed by atoms with Crippen molar-refractivity contribution in [2.45, 2.75) is 25.5 Å². The van der Waals surface area contributed by atoms with Crippen LogP contribution in [0.1, 0.15) is 18.4 Å². The summed E-state index contributed by atoms with van der Waals surface area (Å²) >= 11 is 0. The maximum Gasteiger partial charge on any atom is 0.0829 e. The first-order valence-corrected chi connectivity index (χ1v) is 7.69. The average Bonchev–Trinajstić information content (AvgIpc) is 3.11. The number of likely N-dealkylation sites (N-methyl/N-ethyl adjacent to an activating group) is 1. The summed E-state index contributed by atoms with van der Waals surface area (Å²) in [5, 5.41) is 4.27. The van der Waals surface area contributed by atoms with Gasteiger partial charge in [-0.25, -0.2) is 0 Å². The summed E-state index contributed by atoms with van der Waals surface area (Å²) in [6.07, 6.45) is 7.25. The van der Waals surface area contributed by atoms with Crippen LogP contribution in [0.3, 0.4) is 0 Å². The summed E-state index contributed by atoms with van der Waals surface area (Å²) in [6, 6.07) is 0. The summed E-state index contributed by atoms with van der Waals surface area (Å²) in [4.78, 5) is 4.92. The highest BCUT2D eigenvalue weighted by atomic mass is 16.5. The number of aromatic nitrogens is 2. The molecule has 1 aliphatic heterocycles. The van der Waals surface area contributed by atoms with Gasteiger partial charge in [0.1, 0.15) is 0 Å². The molecule has 1 aromatic heterocycles. The van der Waals surface area contributed by atoms with Crippen molar-refractivity contribution in [1.29, 1.82) is 0 Å². The van der Waals surface area contributed by atoms with E-state index in [1.165, 1.54) is 24.9 Å². The molecule has 20 heavy (non-hydrogen) atoms. The second-order valence-electron chi connectivity index (χ2n) is 6.41. The Labute approximate surface area is 121 Å². The predicted octanol–water partition coefficient (Wildman–Crippen LogP) is 0.963. The van der Waals surface area contributed by atoms with Gasteiger partial charge in [0, 0.05) is 51.5 Å². The van der Waals surface area contributed by atoms with Crippen molar-refractivity contribution in [3.8, 4) is 0 Å². The largest absolute Gasteiger partial charge is 0.374 e. The third kappa shape index (κ3) is 4.04. The zero-order valence-corrected chi connectivity index (χ0v) is 12.7. The van der Waals surface area contributed by atoms with E-state index in [0.29, 0.717) is 6.10 Å². The molecule has 0 bridgehead atoms. The number of aryl methyl sites for hydroxylation is 1. The molecule has 0 N–H and O–H groups in total. The minimum atomic E-state index is 0.351. The van der Waals surface area contributed by atoms with E-state index < -0.39 is 0 Å². The van der Waals surface area contributed by atoms with E-state index in [9.17, 15) is 0 Å². The molecule has 0 radical (unpaired) electrons. The van der Waals surface area contributed by atoms with Crippen molar-refractivity contribution in [3.63, 3.8) is 0 Å². The van der Waals surface area contributed by atoms with Crippen molar-refractivity contribution in [1.82, 2.24) is 19.6 Å². The molecule has 0 amide bonds. The van der Waals surface area contributed by atoms with E-state index in [1.54, 1.807) is 0 Å². The summed E-state index contributed by atoms with van der Waals surface area (Å²) in [5.74, 6) is 0.910. The molecule has 0 spiro atoms. The fourth-order valence-electron chi connectivity index (χ4n) is 2.95. The highest BCUT2D eigenvalue weighted by molar-refractivity contribution is 5.03. The van der Waals surface area contributed by atoms with Gasteiger partial charge in [0.05, 0.1) is 18.9 Å². The van der Waals surface area contributed by atoms with Gasteiger partial charge in [0.2, 0.25) is 0 Å². The van der Waals surface area contributed by atoms with Crippen LogP contribution in [0.5, 0.6) is 0 Å². The van der Waals surface area contributed by atoms with Crippen LogP contribution in [0.4, 0.5) is 0 Å². The molecule has 2 heterocycles. The third-order valence-electron chi connectivity index (χ3n) is 4.18. The molecule has 1 aromatic rings. The first-order valence-electron chi connectivity index (χ1n) is 7.69. The lowest BCUT2D eigenvalue weighted by molar-refractivity contribution is -0.0372. The highest BCUT2D eigenvalue weighted by Crippen LogP contribution is 2.30. The molecule has 5 nitrogen and oxygen atoms in total. The predicted molar refractivity (Wildman–Crippen MR) is 78.4 cm³/mol. The van der Waals surface area contributed by atoms with Gasteiger partial charge < -0.3 is 9.64 Å². The van der Waals surface area contributed by atoms with E-state index in [-0.39, 0.29) is 0 Å². The number of hydrogen-bond acceptors (Lipinski definition) is 4. The molecule has 0 aromatic carbocycles. The number of rotatable bonds is 6. The Hall–Kier alpha value is -0.910. The minimum Gasteiger partial charge on any atom is -0.374 e. The second kappa shape index (κ2) is 6.24. The maximum atomic E-state index is 5.92. The quantitative estimate of drug-likeness (QED) is 0.776. The third-order valence-corrected chi connectivity index (χ3v) is 4.18. The normalized spacial score (nSPS) is 24.4. The van der Waals surface area contributed by atoms with Crippen LogP contribution >= 0.6 is 0 Å². The standard InChI is InChI=1S/C15H26N4O/c1-17-5-6-20-15(11-17)12-19(9-13-3-4-13)10-14-7-16-18(2)8-14/h7-8,13,15H,3-6,9-12H2,1-2H3/t15-/m0/s1. The van der Waals surface area contributed by atoms with Gasteiger partial charge in [-0.15, -0.1) is 0 Å². The summed E-state index contributed by atoms with van der Waals surface area (Å²) in [7, 11) is 4.16. The van der Waals surface area contributed by atoms with Gasteiger partial charge in [0.25, 0.3) is 0 Å². The van der Waals surface area contributed by atoms with Crippen LogP contribution in [0.15, 0.2) is 12.4 Å². The SMILES string of the molecule is CN1CCO[C@H](CN(Cc2cnn(C)c2)CC2CC2)C1. The first kappa shape index (κ1) is 14.0. The van der Waals surface area contributed by atoms with Gasteiger partial charge in [-0.2, -0.15) is 5.10 Å². The van der Waals surface area contributed by atoms with Crippen molar-refractivity contribution < 1.29 is 4.74 Å². The average molecular weight is 278 g/mol. The van der Waals surface area contributed by atoms with Crippen molar-refractivity contribution in [3.05, 3.63) is 18.0 Å². The first-order chi connectivity index (χ1) is 9.69. The minimum absolute atomic E-state index is 0.351. The van der Waals surface area contributed by atoms with Gasteiger partial charge >= 0.3 is 0 Å². The molecule has 2 fully saturated rings.